The fourth-order valence-corrected chi connectivity index (χ4v) is 11.9. The van der Waals surface area contributed by atoms with Gasteiger partial charge in [-0.1, -0.05) is 116 Å². The average Bonchev–Trinajstić information content (AvgIpc) is 1.05. The van der Waals surface area contributed by atoms with E-state index in [-0.39, 0.29) is 111 Å². The lowest BCUT2D eigenvalue weighted by Gasteiger charge is -2.29. The summed E-state index contributed by atoms with van der Waals surface area (Å²) < 4.78 is 21.9. The number of amides is 4. The van der Waals surface area contributed by atoms with Gasteiger partial charge < -0.3 is 56.4 Å². The Hall–Kier alpha value is -8.52. The van der Waals surface area contributed by atoms with Crippen molar-refractivity contribution in [1.29, 1.82) is 0 Å². The standard InChI is InChI=1S/C36H46N2O7.C33H42N2O7.C3H7N/c1-8-9-14-26-27-18-20(2)17-23(5)31(39)24(6)19-25(7)34(45-36(37)43)21(3)12-10-13-22(4)35(42)38-30(33(27)41)29(32(26)40)28-15-11-16-44-28;1-17-14-20(4)28(36)21(5)16-22(6)31(42-33(34)40)18(2)10-8-11-19(3)32(39)35-27-26(25-12-9-13-41-25)29(37)23(7)24(15-17)30(27)38;1-2-3-4/h8,10-13,15-16,19-21,23-24,31,34,39H,1,9,14,17-18H2,2-7H3,(H2,37,43)(H,38,42);8-13,16-18,20-21,28,31,36H,14-15H2,1-7H3,(H2,34,40)(H,35,39);2H,1,3-4H2/b12-10-,22-13+,25-19+;10-8-,19-11+,22-16+;/t20-,21-,23-,24-,31-,34+;17-,18-,20-,21-,28-,31+;/m00./s1. The fraction of sp³-hybridized carbons (Fsp3) is 0.444. The molecule has 0 aromatic carbocycles. The predicted octanol–water partition coefficient (Wildman–Crippen LogP) is 11.5. The molecule has 4 amide bonds. The number of hydrogen-bond donors (Lipinski definition) is 7. The van der Waals surface area contributed by atoms with Crippen LogP contribution in [-0.2, 0) is 38.2 Å². The molecule has 2 aromatic rings. The number of nitrogens with one attached hydrogen (secondary N) is 2. The Kier molecular flexibility index (Phi) is 29.0. The van der Waals surface area contributed by atoms with Crippen LogP contribution in [0.2, 0.25) is 0 Å². The van der Waals surface area contributed by atoms with Gasteiger partial charge in [-0.15, -0.1) is 13.2 Å². The van der Waals surface area contributed by atoms with E-state index in [2.05, 4.69) is 23.8 Å². The Morgan fingerprint density at radius 2 is 1.00 bits per heavy atom. The van der Waals surface area contributed by atoms with Crippen LogP contribution in [0.3, 0.4) is 0 Å². The van der Waals surface area contributed by atoms with Crippen LogP contribution in [0.15, 0.2) is 176 Å². The molecule has 0 spiro atoms. The summed E-state index contributed by atoms with van der Waals surface area (Å²) >= 11 is 0. The third kappa shape index (κ3) is 20.5. The van der Waals surface area contributed by atoms with Gasteiger partial charge in [0.2, 0.25) is 11.6 Å². The summed E-state index contributed by atoms with van der Waals surface area (Å²) in [5.41, 5.74) is 18.9. The number of Topliss-reactive ketones (excluding diaryl/α,β-unsaturated/α-hetero) is 4. The van der Waals surface area contributed by atoms with E-state index in [1.807, 2.05) is 81.4 Å². The molecule has 6 rings (SSSR count). The van der Waals surface area contributed by atoms with Crippen molar-refractivity contribution < 1.29 is 66.9 Å². The lowest BCUT2D eigenvalue weighted by atomic mass is 9.78. The zero-order valence-corrected chi connectivity index (χ0v) is 55.1. The molecule has 10 N–H and O–H groups in total. The van der Waals surface area contributed by atoms with Gasteiger partial charge in [0.05, 0.1) is 35.9 Å². The van der Waals surface area contributed by atoms with E-state index in [1.54, 1.807) is 93.6 Å². The van der Waals surface area contributed by atoms with E-state index in [1.165, 1.54) is 12.5 Å². The van der Waals surface area contributed by atoms with Gasteiger partial charge in [0.15, 0.2) is 11.6 Å². The van der Waals surface area contributed by atoms with Crippen LogP contribution in [0.1, 0.15) is 140 Å². The first-order valence-corrected chi connectivity index (χ1v) is 31.0. The Morgan fingerprint density at radius 3 is 1.37 bits per heavy atom. The summed E-state index contributed by atoms with van der Waals surface area (Å²) in [6.45, 7) is 31.5. The van der Waals surface area contributed by atoms with Crippen LogP contribution < -0.4 is 27.8 Å². The van der Waals surface area contributed by atoms with E-state index in [0.717, 1.165) is 11.1 Å². The first kappa shape index (κ1) is 74.9. The average molecular weight is 1250 g/mol. The van der Waals surface area contributed by atoms with Crippen LogP contribution in [-0.4, -0.2) is 88.3 Å². The topological polar surface area (TPSA) is 324 Å². The molecule has 0 fully saturated rings. The van der Waals surface area contributed by atoms with Crippen molar-refractivity contribution in [3.8, 4) is 0 Å². The van der Waals surface area contributed by atoms with Gasteiger partial charge in [-0.05, 0) is 132 Å². The highest BCUT2D eigenvalue weighted by Gasteiger charge is 2.40. The monoisotopic (exact) mass is 1250 g/mol. The second-order valence-electron chi connectivity index (χ2n) is 24.6. The Morgan fingerprint density at radius 1 is 0.604 bits per heavy atom. The van der Waals surface area contributed by atoms with E-state index in [4.69, 9.17) is 35.5 Å². The molecule has 91 heavy (non-hydrogen) atoms. The summed E-state index contributed by atoms with van der Waals surface area (Å²) in [6.07, 6.45) is 17.8. The lowest BCUT2D eigenvalue weighted by molar-refractivity contribution is -0.120. The quantitative estimate of drug-likeness (QED) is 0.0954. The first-order valence-electron chi connectivity index (χ1n) is 31.0. The Bertz CT molecular complexity index is 3340. The first-order chi connectivity index (χ1) is 42.9. The fourth-order valence-electron chi connectivity index (χ4n) is 11.9. The van der Waals surface area contributed by atoms with Crippen molar-refractivity contribution in [3.63, 3.8) is 0 Å². The van der Waals surface area contributed by atoms with E-state index in [0.29, 0.717) is 60.9 Å². The number of hydrogen-bond acceptors (Lipinski definition) is 15. The number of ketones is 4. The van der Waals surface area contributed by atoms with Crippen LogP contribution in [0, 0.1) is 47.3 Å². The minimum Gasteiger partial charge on any atom is -0.464 e. The Balaban J connectivity index is 0.000000367. The van der Waals surface area contributed by atoms with Crippen molar-refractivity contribution in [3.05, 3.63) is 178 Å². The number of furan rings is 2. The zero-order chi connectivity index (χ0) is 68.1. The van der Waals surface area contributed by atoms with Crippen molar-refractivity contribution >= 4 is 58.3 Å². The minimum absolute atomic E-state index is 0.0146. The van der Waals surface area contributed by atoms with Crippen LogP contribution in [0.5, 0.6) is 0 Å². The van der Waals surface area contributed by atoms with E-state index in [9.17, 15) is 48.6 Å². The van der Waals surface area contributed by atoms with Gasteiger partial charge in [-0.25, -0.2) is 9.59 Å². The van der Waals surface area contributed by atoms with Gasteiger partial charge in [-0.2, -0.15) is 0 Å². The number of ether oxygens (including phenoxy) is 2. The molecule has 19 heteroatoms. The molecule has 4 heterocycles. The van der Waals surface area contributed by atoms with Gasteiger partial charge in [0.25, 0.3) is 11.8 Å². The summed E-state index contributed by atoms with van der Waals surface area (Å²) in [5, 5.41) is 27.8. The van der Waals surface area contributed by atoms with Crippen molar-refractivity contribution in [2.75, 3.05) is 6.54 Å². The smallest absolute Gasteiger partial charge is 0.405 e. The predicted molar refractivity (Wildman–Crippen MR) is 352 cm³/mol. The van der Waals surface area contributed by atoms with Crippen molar-refractivity contribution in [2.24, 2.45) is 64.5 Å². The van der Waals surface area contributed by atoms with Crippen LogP contribution in [0.4, 0.5) is 9.59 Å². The second-order valence-corrected chi connectivity index (χ2v) is 24.6. The number of carbonyl (C=O) groups excluding carboxylic acids is 8. The van der Waals surface area contributed by atoms with Gasteiger partial charge in [0, 0.05) is 63.7 Å². The number of nitrogens with two attached hydrogens (primary N) is 3. The maximum Gasteiger partial charge on any atom is 0.405 e. The molecule has 0 unspecified atom stereocenters. The highest BCUT2D eigenvalue weighted by Crippen LogP contribution is 2.39. The molecule has 4 aliphatic rings. The molecule has 0 saturated carbocycles. The third-order valence-corrected chi connectivity index (χ3v) is 16.7. The summed E-state index contributed by atoms with van der Waals surface area (Å²) in [5.74, 6) is -3.98. The van der Waals surface area contributed by atoms with Crippen molar-refractivity contribution in [1.82, 2.24) is 10.6 Å². The number of fused-ring (bicyclic) bond motifs is 4. The molecule has 12 atom stereocenters. The highest BCUT2D eigenvalue weighted by molar-refractivity contribution is 6.40. The SMILES string of the molecule is C=CCCC1=C2C[C@@H](C)C[C@H](C)[C@H](O)[C@@H](C)/C=C(\C)[C@H](OC(N)=O)[C@@H](C)/C=C\C=C(/C)C(=O)NC(=C(c3ccco3)C1=O)C2=O.C=CCN.CC1=C2C[C@@H](C)C[C@H](C)[C@H](O)[C@@H](C)/C=C(\C)[C@H](OC(N)=O)[C@@H](C)/C=C\C=C(/C)C(=O)NC(=C(c3ccco3)C1=O)C2=O. The molecular formula is C72H95N5O14. The van der Waals surface area contributed by atoms with E-state index >= 15 is 0 Å². The van der Waals surface area contributed by atoms with Crippen LogP contribution in [0.25, 0.3) is 11.1 Å². The molecule has 492 valence electrons. The molecule has 2 aromatic heterocycles. The number of primary amides is 2. The lowest BCUT2D eigenvalue weighted by Crippen LogP contribution is -2.35. The third-order valence-electron chi connectivity index (χ3n) is 16.7. The summed E-state index contributed by atoms with van der Waals surface area (Å²) in [6, 6.07) is 6.39. The molecule has 0 radical (unpaired) electrons. The maximum atomic E-state index is 14.2. The van der Waals surface area contributed by atoms with Gasteiger partial charge in [-0.3, -0.25) is 28.8 Å². The number of aliphatic hydroxyl groups is 2. The number of rotatable bonds is 8. The second kappa shape index (κ2) is 35.2. The molecule has 19 nitrogen and oxygen atoms in total. The minimum atomic E-state index is -0.916. The number of aliphatic hydroxyl groups excluding tert-OH is 2. The Labute approximate surface area is 535 Å². The summed E-state index contributed by atoms with van der Waals surface area (Å²) in [7, 11) is 0. The molecule has 2 aliphatic carbocycles. The summed E-state index contributed by atoms with van der Waals surface area (Å²) in [4.78, 5) is 106. The maximum absolute atomic E-state index is 14.2. The van der Waals surface area contributed by atoms with Gasteiger partial charge >= 0.3 is 12.2 Å². The normalized spacial score (nSPS) is 30.2. The zero-order valence-electron chi connectivity index (χ0n) is 55.1. The largest absolute Gasteiger partial charge is 0.464 e. The molecule has 4 bridgehead atoms. The molecule has 2 aliphatic heterocycles. The molecule has 0 saturated heterocycles. The van der Waals surface area contributed by atoms with Gasteiger partial charge in [0.1, 0.15) is 35.1 Å². The highest BCUT2D eigenvalue weighted by atomic mass is 16.6. The number of carbonyl (C=O) groups is 8. The molecular weight excluding hydrogens is 1160 g/mol. The van der Waals surface area contributed by atoms with E-state index < -0.39 is 60.0 Å². The number of allylic oxidation sites excluding steroid dienone is 11. The van der Waals surface area contributed by atoms with Crippen LogP contribution >= 0.6 is 0 Å². The van der Waals surface area contributed by atoms with Crippen molar-refractivity contribution in [2.45, 2.75) is 153 Å².